The van der Waals surface area contributed by atoms with Crippen LogP contribution in [0.5, 0.6) is 0 Å². The fourth-order valence-electron chi connectivity index (χ4n) is 3.76. The molecule has 36 heavy (non-hydrogen) atoms. The molecule has 2 rings (SSSR count). The molecule has 0 fully saturated rings. The van der Waals surface area contributed by atoms with Crippen molar-refractivity contribution in [1.29, 1.82) is 0 Å². The van der Waals surface area contributed by atoms with E-state index < -0.39 is 16.1 Å². The lowest BCUT2D eigenvalue weighted by molar-refractivity contribution is -0.140. The molecule has 0 unspecified atom stereocenters. The highest BCUT2D eigenvalue weighted by molar-refractivity contribution is 7.92. The van der Waals surface area contributed by atoms with Gasteiger partial charge in [-0.05, 0) is 62.4 Å². The van der Waals surface area contributed by atoms with Crippen LogP contribution in [0.1, 0.15) is 58.1 Å². The summed E-state index contributed by atoms with van der Waals surface area (Å²) in [5, 5.41) is 3.45. The SMILES string of the molecule is CCc1ccc(N(CCCC(=O)N(Cc2ccccc2Cl)[C@H](C)C(=O)N[C@H](C)CC)S(C)(=O)=O)cc1. The van der Waals surface area contributed by atoms with Crippen LogP contribution >= 0.6 is 11.6 Å². The molecule has 0 aliphatic heterocycles. The summed E-state index contributed by atoms with van der Waals surface area (Å²) < 4.78 is 26.2. The van der Waals surface area contributed by atoms with Crippen LogP contribution < -0.4 is 9.62 Å². The highest BCUT2D eigenvalue weighted by Crippen LogP contribution is 2.22. The Hall–Kier alpha value is -2.58. The number of halogens is 1. The van der Waals surface area contributed by atoms with Crippen LogP contribution in [0, 0.1) is 0 Å². The molecule has 0 radical (unpaired) electrons. The lowest BCUT2D eigenvalue weighted by Gasteiger charge is -2.30. The summed E-state index contributed by atoms with van der Waals surface area (Å²) in [6.45, 7) is 7.96. The molecule has 0 spiro atoms. The standard InChI is InChI=1S/C27H38ClN3O4S/c1-6-20(3)29-27(33)21(4)30(19-23-11-8-9-12-25(23)28)26(32)13-10-18-31(36(5,34)35)24-16-14-22(7-2)15-17-24/h8-9,11-12,14-17,20-21H,6-7,10,13,18-19H2,1-5H3,(H,29,33)/t20-,21-/m1/s1. The fraction of sp³-hybridized carbons (Fsp3) is 0.481. The Labute approximate surface area is 220 Å². The molecule has 2 atom stereocenters. The van der Waals surface area contributed by atoms with Gasteiger partial charge in [-0.15, -0.1) is 0 Å². The van der Waals surface area contributed by atoms with Crippen molar-refractivity contribution in [3.63, 3.8) is 0 Å². The van der Waals surface area contributed by atoms with Crippen molar-refractivity contribution in [3.05, 3.63) is 64.7 Å². The number of hydrogen-bond acceptors (Lipinski definition) is 4. The molecule has 198 valence electrons. The van der Waals surface area contributed by atoms with Gasteiger partial charge in [0.1, 0.15) is 6.04 Å². The van der Waals surface area contributed by atoms with Gasteiger partial charge in [0.05, 0.1) is 11.9 Å². The third-order valence-electron chi connectivity index (χ3n) is 6.25. The molecule has 1 N–H and O–H groups in total. The second-order valence-corrected chi connectivity index (χ2v) is 11.4. The van der Waals surface area contributed by atoms with Crippen LogP contribution in [0.4, 0.5) is 5.69 Å². The highest BCUT2D eigenvalue weighted by atomic mass is 35.5. The Balaban J connectivity index is 2.18. The lowest BCUT2D eigenvalue weighted by atomic mass is 10.1. The van der Waals surface area contributed by atoms with Crippen LogP contribution in [0.25, 0.3) is 0 Å². The highest BCUT2D eigenvalue weighted by Gasteiger charge is 2.27. The van der Waals surface area contributed by atoms with Crippen molar-refractivity contribution in [1.82, 2.24) is 10.2 Å². The minimum atomic E-state index is -3.53. The van der Waals surface area contributed by atoms with Crippen LogP contribution in [-0.2, 0) is 32.6 Å². The van der Waals surface area contributed by atoms with Crippen LogP contribution in [-0.4, -0.2) is 50.0 Å². The van der Waals surface area contributed by atoms with Gasteiger partial charge in [-0.1, -0.05) is 55.8 Å². The molecule has 0 heterocycles. The number of aryl methyl sites for hydroxylation is 1. The van der Waals surface area contributed by atoms with Crippen molar-refractivity contribution in [3.8, 4) is 0 Å². The molecule has 0 aliphatic carbocycles. The van der Waals surface area contributed by atoms with Crippen molar-refractivity contribution in [2.75, 3.05) is 17.1 Å². The maximum atomic E-state index is 13.3. The van der Waals surface area contributed by atoms with Gasteiger partial charge in [0.2, 0.25) is 21.8 Å². The quantitative estimate of drug-likeness (QED) is 0.400. The van der Waals surface area contributed by atoms with Gasteiger partial charge in [-0.3, -0.25) is 13.9 Å². The van der Waals surface area contributed by atoms with Gasteiger partial charge < -0.3 is 10.2 Å². The Morgan fingerprint density at radius 1 is 1.03 bits per heavy atom. The number of anilines is 1. The molecule has 0 saturated carbocycles. The topological polar surface area (TPSA) is 86.8 Å². The van der Waals surface area contributed by atoms with E-state index in [2.05, 4.69) is 5.32 Å². The molecule has 9 heteroatoms. The van der Waals surface area contributed by atoms with E-state index in [4.69, 9.17) is 11.6 Å². The molecular formula is C27H38ClN3O4S. The van der Waals surface area contributed by atoms with Crippen molar-refractivity contribution in [2.24, 2.45) is 0 Å². The predicted octanol–water partition coefficient (Wildman–Crippen LogP) is 4.78. The first-order valence-electron chi connectivity index (χ1n) is 12.4. The van der Waals surface area contributed by atoms with Crippen molar-refractivity contribution in [2.45, 2.75) is 72.0 Å². The summed E-state index contributed by atoms with van der Waals surface area (Å²) >= 11 is 6.34. The molecule has 0 aliphatic rings. The summed E-state index contributed by atoms with van der Waals surface area (Å²) in [6.07, 6.45) is 3.19. The van der Waals surface area contributed by atoms with Crippen LogP contribution in [0.3, 0.4) is 0 Å². The first kappa shape index (κ1) is 29.6. The molecule has 2 amide bonds. The van der Waals surface area contributed by atoms with Crippen LogP contribution in [0.15, 0.2) is 48.5 Å². The van der Waals surface area contributed by atoms with E-state index in [0.29, 0.717) is 17.1 Å². The normalized spacial score (nSPS) is 13.1. The van der Waals surface area contributed by atoms with E-state index in [0.717, 1.165) is 30.2 Å². The fourth-order valence-corrected chi connectivity index (χ4v) is 4.92. The van der Waals surface area contributed by atoms with E-state index in [1.807, 2.05) is 51.1 Å². The summed E-state index contributed by atoms with van der Waals surface area (Å²) in [7, 11) is -3.53. The zero-order chi connectivity index (χ0) is 26.9. The minimum absolute atomic E-state index is 0.0142. The maximum absolute atomic E-state index is 13.3. The van der Waals surface area contributed by atoms with E-state index in [1.165, 1.54) is 9.21 Å². The smallest absolute Gasteiger partial charge is 0.242 e. The zero-order valence-electron chi connectivity index (χ0n) is 21.8. The number of sulfonamides is 1. The second-order valence-electron chi connectivity index (χ2n) is 9.07. The van der Waals surface area contributed by atoms with Gasteiger partial charge in [0, 0.05) is 30.6 Å². The summed E-state index contributed by atoms with van der Waals surface area (Å²) in [4.78, 5) is 27.7. The largest absolute Gasteiger partial charge is 0.352 e. The van der Waals surface area contributed by atoms with Gasteiger partial charge in [-0.2, -0.15) is 0 Å². The molecule has 2 aromatic carbocycles. The van der Waals surface area contributed by atoms with E-state index in [9.17, 15) is 18.0 Å². The average molecular weight is 536 g/mol. The first-order valence-corrected chi connectivity index (χ1v) is 14.6. The molecule has 0 aromatic heterocycles. The Kier molecular flexibility index (Phi) is 11.2. The average Bonchev–Trinajstić information content (AvgIpc) is 2.84. The lowest BCUT2D eigenvalue weighted by Crippen LogP contribution is -2.49. The number of rotatable bonds is 13. The Bertz CT molecular complexity index is 1120. The number of carbonyl (C=O) groups excluding carboxylic acids is 2. The maximum Gasteiger partial charge on any atom is 0.242 e. The monoisotopic (exact) mass is 535 g/mol. The van der Waals surface area contributed by atoms with E-state index >= 15 is 0 Å². The Morgan fingerprint density at radius 2 is 1.67 bits per heavy atom. The number of benzene rings is 2. The number of amides is 2. The number of nitrogens with one attached hydrogen (secondary N) is 1. The van der Waals surface area contributed by atoms with Crippen molar-refractivity contribution < 1.29 is 18.0 Å². The minimum Gasteiger partial charge on any atom is -0.352 e. The zero-order valence-corrected chi connectivity index (χ0v) is 23.4. The molecule has 0 bridgehead atoms. The van der Waals surface area contributed by atoms with Gasteiger partial charge in [0.25, 0.3) is 0 Å². The first-order chi connectivity index (χ1) is 17.0. The van der Waals surface area contributed by atoms with E-state index in [-0.39, 0.29) is 37.4 Å². The summed E-state index contributed by atoms with van der Waals surface area (Å²) in [5.74, 6) is -0.477. The Morgan fingerprint density at radius 3 is 2.22 bits per heavy atom. The van der Waals surface area contributed by atoms with E-state index in [1.54, 1.807) is 25.1 Å². The molecule has 7 nitrogen and oxygen atoms in total. The van der Waals surface area contributed by atoms with Crippen molar-refractivity contribution >= 4 is 39.1 Å². The van der Waals surface area contributed by atoms with Gasteiger partial charge in [-0.25, -0.2) is 8.42 Å². The summed E-state index contributed by atoms with van der Waals surface area (Å²) in [5.41, 5.74) is 2.42. The molecular weight excluding hydrogens is 498 g/mol. The van der Waals surface area contributed by atoms with Gasteiger partial charge >= 0.3 is 0 Å². The number of hydrogen-bond donors (Lipinski definition) is 1. The third-order valence-corrected chi connectivity index (χ3v) is 7.81. The second kappa shape index (κ2) is 13.7. The van der Waals surface area contributed by atoms with Gasteiger partial charge in [0.15, 0.2) is 0 Å². The number of carbonyl (C=O) groups is 2. The summed E-state index contributed by atoms with van der Waals surface area (Å²) in [6, 6.07) is 13.9. The third kappa shape index (κ3) is 8.52. The van der Waals surface area contributed by atoms with Crippen LogP contribution in [0.2, 0.25) is 5.02 Å². The predicted molar refractivity (Wildman–Crippen MR) is 147 cm³/mol. The molecule has 2 aromatic rings. The molecule has 0 saturated heterocycles. The number of nitrogens with zero attached hydrogens (tertiary/aromatic N) is 2.